The Morgan fingerprint density at radius 1 is 1.12 bits per heavy atom. The van der Waals surface area contributed by atoms with Gasteiger partial charge in [-0.2, -0.15) is 0 Å². The third-order valence-electron chi connectivity index (χ3n) is 5.54. The molecular weight excluding hydrogens is 428 g/mol. The number of ether oxygens (including phenoxy) is 2. The first-order chi connectivity index (χ1) is 15.5. The number of aromatic nitrogens is 1. The molecule has 32 heavy (non-hydrogen) atoms. The average molecular weight is 455 g/mol. The first-order valence-electron chi connectivity index (χ1n) is 10.4. The summed E-state index contributed by atoms with van der Waals surface area (Å²) in [5.74, 6) is -0.311. The summed E-state index contributed by atoms with van der Waals surface area (Å²) in [5, 5.41) is 2.84. The second kappa shape index (κ2) is 9.54. The highest BCUT2D eigenvalue weighted by atomic mass is 32.1. The summed E-state index contributed by atoms with van der Waals surface area (Å²) in [6.45, 7) is 6.40. The minimum absolute atomic E-state index is 0.290. The van der Waals surface area contributed by atoms with Crippen molar-refractivity contribution in [2.24, 2.45) is 0 Å². The maximum Gasteiger partial charge on any atom is 0.281 e. The third-order valence-corrected chi connectivity index (χ3v) is 6.75. The van der Waals surface area contributed by atoms with Gasteiger partial charge in [-0.15, -0.1) is 0 Å². The quantitative estimate of drug-likeness (QED) is 0.576. The SMILES string of the molecule is COc1ccc2cc([C@H](C)C(=O)NNC(=O)c3sc(N4CCOCC4)nc3C)ccc2c1. The molecule has 1 aliphatic heterocycles. The molecule has 1 fully saturated rings. The number of carbonyl (C=O) groups is 2. The van der Waals surface area contributed by atoms with Gasteiger partial charge in [0.25, 0.3) is 5.91 Å². The highest BCUT2D eigenvalue weighted by Crippen LogP contribution is 2.27. The molecule has 2 heterocycles. The van der Waals surface area contributed by atoms with E-state index in [0.717, 1.165) is 40.3 Å². The van der Waals surface area contributed by atoms with Crippen LogP contribution in [0.2, 0.25) is 0 Å². The first kappa shape index (κ1) is 22.0. The standard InChI is InChI=1S/C23H26N4O4S/c1-14(16-4-5-18-13-19(30-3)7-6-17(18)12-16)21(28)25-26-22(29)20-15(2)24-23(32-20)27-8-10-31-11-9-27/h4-7,12-14H,8-11H2,1-3H3,(H,25,28)(H,26,29)/t14-/m0/s1. The maximum atomic E-state index is 12.7. The zero-order chi connectivity index (χ0) is 22.7. The van der Waals surface area contributed by atoms with Gasteiger partial charge < -0.3 is 14.4 Å². The molecule has 0 aliphatic carbocycles. The van der Waals surface area contributed by atoms with Gasteiger partial charge >= 0.3 is 0 Å². The van der Waals surface area contributed by atoms with Crippen LogP contribution in [0, 0.1) is 6.92 Å². The molecule has 9 heteroatoms. The van der Waals surface area contributed by atoms with Crippen LogP contribution in [0.1, 0.15) is 33.8 Å². The molecule has 0 unspecified atom stereocenters. The minimum Gasteiger partial charge on any atom is -0.497 e. The van der Waals surface area contributed by atoms with Gasteiger partial charge in [0.2, 0.25) is 5.91 Å². The Kier molecular flexibility index (Phi) is 6.57. The van der Waals surface area contributed by atoms with Crippen LogP contribution in [0.15, 0.2) is 36.4 Å². The second-order valence-corrected chi connectivity index (χ2v) is 8.63. The van der Waals surface area contributed by atoms with E-state index < -0.39 is 5.92 Å². The number of hydrogen-bond donors (Lipinski definition) is 2. The lowest BCUT2D eigenvalue weighted by molar-refractivity contribution is -0.123. The third kappa shape index (κ3) is 4.68. The Hall–Kier alpha value is -3.17. The van der Waals surface area contributed by atoms with Crippen LogP contribution in [0.3, 0.4) is 0 Å². The first-order valence-corrected chi connectivity index (χ1v) is 11.3. The zero-order valence-corrected chi connectivity index (χ0v) is 19.1. The summed E-state index contributed by atoms with van der Waals surface area (Å²) < 4.78 is 10.6. The Morgan fingerprint density at radius 3 is 2.59 bits per heavy atom. The van der Waals surface area contributed by atoms with E-state index >= 15 is 0 Å². The number of nitrogens with zero attached hydrogens (tertiary/aromatic N) is 2. The molecule has 0 radical (unpaired) electrons. The van der Waals surface area contributed by atoms with Gasteiger partial charge in [0, 0.05) is 13.1 Å². The lowest BCUT2D eigenvalue weighted by Gasteiger charge is -2.25. The van der Waals surface area contributed by atoms with Crippen molar-refractivity contribution in [1.82, 2.24) is 15.8 Å². The number of morpholine rings is 1. The fraction of sp³-hybridized carbons (Fsp3) is 0.348. The molecule has 2 N–H and O–H groups in total. The number of methoxy groups -OCH3 is 1. The van der Waals surface area contributed by atoms with E-state index in [0.29, 0.717) is 23.8 Å². The summed E-state index contributed by atoms with van der Waals surface area (Å²) in [6, 6.07) is 11.6. The molecular formula is C23H26N4O4S. The van der Waals surface area contributed by atoms with E-state index in [-0.39, 0.29) is 11.8 Å². The van der Waals surface area contributed by atoms with Crippen molar-refractivity contribution in [3.8, 4) is 5.75 Å². The van der Waals surface area contributed by atoms with Crippen molar-refractivity contribution in [2.75, 3.05) is 38.3 Å². The summed E-state index contributed by atoms with van der Waals surface area (Å²) in [4.78, 5) is 32.4. The molecule has 4 rings (SSSR count). The van der Waals surface area contributed by atoms with Crippen LogP contribution in [0.5, 0.6) is 5.75 Å². The zero-order valence-electron chi connectivity index (χ0n) is 18.3. The van der Waals surface area contributed by atoms with E-state index in [1.54, 1.807) is 21.0 Å². The number of benzene rings is 2. The van der Waals surface area contributed by atoms with Crippen molar-refractivity contribution >= 4 is 39.1 Å². The number of hydrazine groups is 1. The number of fused-ring (bicyclic) bond motifs is 1. The van der Waals surface area contributed by atoms with E-state index in [9.17, 15) is 9.59 Å². The van der Waals surface area contributed by atoms with E-state index in [1.807, 2.05) is 36.4 Å². The topological polar surface area (TPSA) is 92.8 Å². The van der Waals surface area contributed by atoms with Crippen LogP contribution < -0.4 is 20.5 Å². The van der Waals surface area contributed by atoms with Gasteiger partial charge in [0.1, 0.15) is 10.6 Å². The molecule has 0 bridgehead atoms. The predicted molar refractivity (Wildman–Crippen MR) is 124 cm³/mol. The molecule has 2 aromatic carbocycles. The van der Waals surface area contributed by atoms with Crippen molar-refractivity contribution < 1.29 is 19.1 Å². The largest absolute Gasteiger partial charge is 0.497 e. The van der Waals surface area contributed by atoms with Crippen molar-refractivity contribution in [1.29, 1.82) is 0 Å². The summed E-state index contributed by atoms with van der Waals surface area (Å²) in [6.07, 6.45) is 0. The Morgan fingerprint density at radius 2 is 1.84 bits per heavy atom. The fourth-order valence-corrected chi connectivity index (χ4v) is 4.57. The second-order valence-electron chi connectivity index (χ2n) is 7.65. The number of aryl methyl sites for hydroxylation is 1. The lowest BCUT2D eigenvalue weighted by atomic mass is 9.97. The highest BCUT2D eigenvalue weighted by molar-refractivity contribution is 7.17. The van der Waals surface area contributed by atoms with Gasteiger partial charge in [0.05, 0.1) is 31.9 Å². The Balaban J connectivity index is 1.39. The van der Waals surface area contributed by atoms with Crippen LogP contribution in [-0.2, 0) is 9.53 Å². The molecule has 0 spiro atoms. The lowest BCUT2D eigenvalue weighted by Crippen LogP contribution is -2.43. The van der Waals surface area contributed by atoms with Crippen LogP contribution in [0.25, 0.3) is 10.8 Å². The molecule has 168 valence electrons. The predicted octanol–water partition coefficient (Wildman–Crippen LogP) is 3.01. The van der Waals surface area contributed by atoms with Gasteiger partial charge in [-0.1, -0.05) is 35.6 Å². The highest BCUT2D eigenvalue weighted by Gasteiger charge is 2.22. The average Bonchev–Trinajstić information content (AvgIpc) is 3.23. The summed E-state index contributed by atoms with van der Waals surface area (Å²) in [5.41, 5.74) is 6.58. The number of hydrogen-bond acceptors (Lipinski definition) is 7. The summed E-state index contributed by atoms with van der Waals surface area (Å²) in [7, 11) is 1.63. The van der Waals surface area contributed by atoms with E-state index in [2.05, 4.69) is 20.7 Å². The molecule has 2 amide bonds. The van der Waals surface area contributed by atoms with E-state index in [4.69, 9.17) is 9.47 Å². The fourth-order valence-electron chi connectivity index (χ4n) is 3.56. The van der Waals surface area contributed by atoms with Gasteiger partial charge in [0.15, 0.2) is 5.13 Å². The Bertz CT molecular complexity index is 1140. The van der Waals surface area contributed by atoms with Crippen LogP contribution in [0.4, 0.5) is 5.13 Å². The van der Waals surface area contributed by atoms with Gasteiger partial charge in [-0.25, -0.2) is 4.98 Å². The monoisotopic (exact) mass is 454 g/mol. The smallest absolute Gasteiger partial charge is 0.281 e. The Labute approximate surface area is 190 Å². The number of anilines is 1. The van der Waals surface area contributed by atoms with Gasteiger partial charge in [-0.3, -0.25) is 20.4 Å². The van der Waals surface area contributed by atoms with Gasteiger partial charge in [-0.05, 0) is 42.3 Å². The molecule has 1 aromatic heterocycles. The number of amides is 2. The molecule has 8 nitrogen and oxygen atoms in total. The molecule has 3 aromatic rings. The van der Waals surface area contributed by atoms with Crippen molar-refractivity contribution in [3.05, 3.63) is 52.5 Å². The van der Waals surface area contributed by atoms with Crippen LogP contribution >= 0.6 is 11.3 Å². The molecule has 1 saturated heterocycles. The normalized spacial score (nSPS) is 14.8. The van der Waals surface area contributed by atoms with E-state index in [1.165, 1.54) is 11.3 Å². The molecule has 1 atom stereocenters. The van der Waals surface area contributed by atoms with Crippen molar-refractivity contribution in [2.45, 2.75) is 19.8 Å². The summed E-state index contributed by atoms with van der Waals surface area (Å²) >= 11 is 1.32. The minimum atomic E-state index is -0.437. The van der Waals surface area contributed by atoms with Crippen LogP contribution in [-0.4, -0.2) is 50.2 Å². The molecule has 1 aliphatic rings. The number of thiazole rings is 1. The van der Waals surface area contributed by atoms with Crippen molar-refractivity contribution in [3.63, 3.8) is 0 Å². The molecule has 0 saturated carbocycles. The maximum absolute atomic E-state index is 12.7. The number of rotatable bonds is 5. The number of nitrogens with one attached hydrogen (secondary N) is 2. The number of carbonyl (C=O) groups excluding carboxylic acids is 2.